The summed E-state index contributed by atoms with van der Waals surface area (Å²) in [7, 11) is 0. The highest BCUT2D eigenvalue weighted by Gasteiger charge is 2.11. The van der Waals surface area contributed by atoms with Gasteiger partial charge in [0.25, 0.3) is 0 Å². The molecule has 3 N–H and O–H groups in total. The smallest absolute Gasteiger partial charge is 0.0387 e. The Morgan fingerprint density at radius 1 is 0.857 bits per heavy atom. The Hall–Kier alpha value is -3.17. The fraction of sp³-hybridized carbons (Fsp3) is 0.0800. The van der Waals surface area contributed by atoms with Crippen LogP contribution in [0.5, 0.6) is 0 Å². The standard InChI is InChI=1S/C25H24N2S/c1-17-8-4-6-10-23(17)18(2)27-19(3)24-11-7-5-9-21(24)16-25(28)20-12-14-22(26)15-13-20/h4-15,27H,2-3,16,26H2,1H3. The summed E-state index contributed by atoms with van der Waals surface area (Å²) < 4.78 is 0. The molecular weight excluding hydrogens is 360 g/mol. The quantitative estimate of drug-likeness (QED) is 0.308. The predicted molar refractivity (Wildman–Crippen MR) is 125 cm³/mol. The molecule has 0 aliphatic rings. The largest absolute Gasteiger partial charge is 0.399 e. The molecule has 0 radical (unpaired) electrons. The highest BCUT2D eigenvalue weighted by atomic mass is 32.1. The van der Waals surface area contributed by atoms with Gasteiger partial charge in [0.2, 0.25) is 0 Å². The number of rotatable bonds is 7. The number of nitrogens with one attached hydrogen (secondary N) is 1. The first-order chi connectivity index (χ1) is 13.5. The second kappa shape index (κ2) is 8.68. The Balaban J connectivity index is 1.78. The number of hydrogen-bond donors (Lipinski definition) is 2. The van der Waals surface area contributed by atoms with Crippen LogP contribution in [0.15, 0.2) is 86.0 Å². The summed E-state index contributed by atoms with van der Waals surface area (Å²) in [5.74, 6) is 0. The number of benzene rings is 3. The van der Waals surface area contributed by atoms with E-state index in [1.54, 1.807) is 0 Å². The molecule has 3 aromatic rings. The first-order valence-corrected chi connectivity index (χ1v) is 9.54. The van der Waals surface area contributed by atoms with Crippen molar-refractivity contribution in [1.29, 1.82) is 0 Å². The number of aryl methyl sites for hydroxylation is 1. The zero-order chi connectivity index (χ0) is 20.1. The van der Waals surface area contributed by atoms with E-state index in [-0.39, 0.29) is 0 Å². The van der Waals surface area contributed by atoms with Crippen molar-refractivity contribution in [3.63, 3.8) is 0 Å². The van der Waals surface area contributed by atoms with Gasteiger partial charge in [0, 0.05) is 39.5 Å². The third-order valence-electron chi connectivity index (χ3n) is 4.70. The molecule has 3 heteroatoms. The fourth-order valence-electron chi connectivity index (χ4n) is 3.14. The predicted octanol–water partition coefficient (Wildman–Crippen LogP) is 5.77. The minimum absolute atomic E-state index is 0.660. The molecule has 0 spiro atoms. The van der Waals surface area contributed by atoms with Gasteiger partial charge in [0.15, 0.2) is 0 Å². The number of nitrogens with two attached hydrogens (primary N) is 1. The summed E-state index contributed by atoms with van der Waals surface area (Å²) in [5.41, 5.74) is 13.6. The molecule has 28 heavy (non-hydrogen) atoms. The molecule has 140 valence electrons. The van der Waals surface area contributed by atoms with E-state index < -0.39 is 0 Å². The van der Waals surface area contributed by atoms with E-state index in [0.29, 0.717) is 6.42 Å². The van der Waals surface area contributed by atoms with E-state index in [1.165, 1.54) is 5.56 Å². The van der Waals surface area contributed by atoms with Crippen molar-refractivity contribution in [2.24, 2.45) is 0 Å². The van der Waals surface area contributed by atoms with Gasteiger partial charge in [-0.15, -0.1) is 0 Å². The molecule has 0 aliphatic carbocycles. The van der Waals surface area contributed by atoms with Crippen molar-refractivity contribution >= 4 is 34.2 Å². The summed E-state index contributed by atoms with van der Waals surface area (Å²) in [6.07, 6.45) is 0.660. The maximum absolute atomic E-state index is 5.78. The fourth-order valence-corrected chi connectivity index (χ4v) is 3.43. The molecule has 0 saturated carbocycles. The van der Waals surface area contributed by atoms with Gasteiger partial charge in [0.1, 0.15) is 0 Å². The first-order valence-electron chi connectivity index (χ1n) is 9.13. The van der Waals surface area contributed by atoms with Crippen molar-refractivity contribution in [3.8, 4) is 0 Å². The minimum atomic E-state index is 0.660. The molecule has 0 unspecified atom stereocenters. The van der Waals surface area contributed by atoms with Crippen molar-refractivity contribution < 1.29 is 0 Å². The minimum Gasteiger partial charge on any atom is -0.399 e. The van der Waals surface area contributed by atoms with Crippen LogP contribution in [0.1, 0.15) is 27.8 Å². The van der Waals surface area contributed by atoms with Crippen molar-refractivity contribution in [1.82, 2.24) is 5.32 Å². The molecule has 0 heterocycles. The summed E-state index contributed by atoms with van der Waals surface area (Å²) in [6.45, 7) is 10.5. The number of nitrogen functional groups attached to an aromatic ring is 1. The molecule has 3 rings (SSSR count). The first kappa shape index (κ1) is 19.6. The van der Waals surface area contributed by atoms with Crippen molar-refractivity contribution in [2.75, 3.05) is 5.73 Å². The van der Waals surface area contributed by atoms with Crippen LogP contribution in [0.25, 0.3) is 11.4 Å². The van der Waals surface area contributed by atoms with Crippen LogP contribution in [-0.2, 0) is 6.42 Å². The van der Waals surface area contributed by atoms with Crippen LogP contribution < -0.4 is 11.1 Å². The lowest BCUT2D eigenvalue weighted by molar-refractivity contribution is 1.20. The average molecular weight is 385 g/mol. The van der Waals surface area contributed by atoms with Crippen LogP contribution >= 0.6 is 12.2 Å². The van der Waals surface area contributed by atoms with Crippen LogP contribution in [0.4, 0.5) is 5.69 Å². The van der Waals surface area contributed by atoms with E-state index in [2.05, 4.69) is 49.7 Å². The molecule has 0 saturated heterocycles. The van der Waals surface area contributed by atoms with Gasteiger partial charge in [0.05, 0.1) is 0 Å². The molecular formula is C25H24N2S. The van der Waals surface area contributed by atoms with E-state index >= 15 is 0 Å². The van der Waals surface area contributed by atoms with Gasteiger partial charge in [-0.1, -0.05) is 86.0 Å². The third-order valence-corrected chi connectivity index (χ3v) is 5.08. The molecule has 0 aromatic heterocycles. The molecule has 3 aromatic carbocycles. The van der Waals surface area contributed by atoms with Gasteiger partial charge in [-0.05, 0) is 35.7 Å². The topological polar surface area (TPSA) is 38.0 Å². The second-order valence-electron chi connectivity index (χ2n) is 6.78. The normalized spacial score (nSPS) is 10.3. The molecule has 0 atom stereocenters. The number of hydrogen-bond acceptors (Lipinski definition) is 3. The van der Waals surface area contributed by atoms with Crippen molar-refractivity contribution in [2.45, 2.75) is 13.3 Å². The average Bonchev–Trinajstić information content (AvgIpc) is 2.69. The monoisotopic (exact) mass is 384 g/mol. The number of thiocarbonyl (C=S) groups is 1. The van der Waals surface area contributed by atoms with E-state index in [1.807, 2.05) is 48.5 Å². The Labute approximate surface area is 172 Å². The molecule has 2 nitrogen and oxygen atoms in total. The van der Waals surface area contributed by atoms with Gasteiger partial charge in [-0.3, -0.25) is 0 Å². The van der Waals surface area contributed by atoms with Crippen LogP contribution in [0.3, 0.4) is 0 Å². The summed E-state index contributed by atoms with van der Waals surface area (Å²) in [6, 6.07) is 24.0. The maximum Gasteiger partial charge on any atom is 0.0387 e. The summed E-state index contributed by atoms with van der Waals surface area (Å²) >= 11 is 5.67. The summed E-state index contributed by atoms with van der Waals surface area (Å²) in [4.78, 5) is 0.873. The van der Waals surface area contributed by atoms with E-state index in [4.69, 9.17) is 18.0 Å². The highest BCUT2D eigenvalue weighted by Crippen LogP contribution is 2.22. The lowest BCUT2D eigenvalue weighted by Crippen LogP contribution is -2.13. The van der Waals surface area contributed by atoms with Gasteiger partial charge in [-0.2, -0.15) is 0 Å². The highest BCUT2D eigenvalue weighted by molar-refractivity contribution is 7.80. The van der Waals surface area contributed by atoms with Crippen molar-refractivity contribution in [3.05, 3.63) is 114 Å². The Morgan fingerprint density at radius 3 is 2.11 bits per heavy atom. The summed E-state index contributed by atoms with van der Waals surface area (Å²) in [5, 5.41) is 3.37. The zero-order valence-electron chi connectivity index (χ0n) is 16.0. The molecule has 0 bridgehead atoms. The van der Waals surface area contributed by atoms with Crippen LogP contribution in [0.2, 0.25) is 0 Å². The van der Waals surface area contributed by atoms with Gasteiger partial charge in [-0.25, -0.2) is 0 Å². The lowest BCUT2D eigenvalue weighted by atomic mass is 9.97. The van der Waals surface area contributed by atoms with Crippen LogP contribution in [-0.4, -0.2) is 4.86 Å². The molecule has 0 aliphatic heterocycles. The Bertz CT molecular complexity index is 1030. The second-order valence-corrected chi connectivity index (χ2v) is 7.27. The zero-order valence-corrected chi connectivity index (χ0v) is 16.9. The van der Waals surface area contributed by atoms with Crippen LogP contribution in [0, 0.1) is 6.92 Å². The lowest BCUT2D eigenvalue weighted by Gasteiger charge is -2.17. The number of anilines is 1. The van der Waals surface area contributed by atoms with Gasteiger partial charge >= 0.3 is 0 Å². The van der Waals surface area contributed by atoms with E-state index in [0.717, 1.165) is 44.2 Å². The maximum atomic E-state index is 5.78. The third kappa shape index (κ3) is 4.56. The van der Waals surface area contributed by atoms with Gasteiger partial charge < -0.3 is 11.1 Å². The SMILES string of the molecule is C=C(NC(=C)c1ccccc1CC(=S)c1ccc(N)cc1)c1ccccc1C. The molecule has 0 amide bonds. The van der Waals surface area contributed by atoms with E-state index in [9.17, 15) is 0 Å². The molecule has 0 fully saturated rings. The Morgan fingerprint density at radius 2 is 1.43 bits per heavy atom. The Kier molecular flexibility index (Phi) is 6.07.